The van der Waals surface area contributed by atoms with Crippen LogP contribution >= 0.6 is 0 Å². The molecule has 1 saturated carbocycles. The van der Waals surface area contributed by atoms with E-state index >= 15 is 0 Å². The molecular weight excluding hydrogens is 136 g/mol. The Morgan fingerprint density at radius 2 is 1.64 bits per heavy atom. The normalized spacial score (nSPS) is 37.8. The first-order valence-corrected chi connectivity index (χ1v) is 4.80. The Bertz CT molecular complexity index is 154. The van der Waals surface area contributed by atoms with Gasteiger partial charge in [0, 0.05) is 0 Å². The highest BCUT2D eigenvalue weighted by molar-refractivity contribution is 4.78. The van der Waals surface area contributed by atoms with Crippen molar-refractivity contribution in [3.8, 4) is 0 Å². The molecule has 0 amide bonds. The van der Waals surface area contributed by atoms with Gasteiger partial charge in [-0.05, 0) is 24.7 Å². The van der Waals surface area contributed by atoms with Gasteiger partial charge in [0.05, 0.1) is 13.1 Å². The number of hydrogen-bond donors (Lipinski definition) is 0. The van der Waals surface area contributed by atoms with E-state index in [2.05, 4.69) is 10.2 Å². The van der Waals surface area contributed by atoms with Gasteiger partial charge >= 0.3 is 0 Å². The first-order valence-electron chi connectivity index (χ1n) is 4.80. The molecule has 0 bridgehead atoms. The van der Waals surface area contributed by atoms with E-state index in [1.807, 2.05) is 0 Å². The van der Waals surface area contributed by atoms with E-state index in [0.717, 1.165) is 24.9 Å². The fraction of sp³-hybridized carbons (Fsp3) is 1.00. The van der Waals surface area contributed by atoms with E-state index in [0.29, 0.717) is 0 Å². The Labute approximate surface area is 68.1 Å². The second kappa shape index (κ2) is 3.33. The molecule has 0 saturated heterocycles. The van der Waals surface area contributed by atoms with Gasteiger partial charge in [0.2, 0.25) is 0 Å². The third kappa shape index (κ3) is 1.60. The lowest BCUT2D eigenvalue weighted by Gasteiger charge is -2.28. The van der Waals surface area contributed by atoms with Crippen LogP contribution in [-0.2, 0) is 0 Å². The zero-order chi connectivity index (χ0) is 7.52. The van der Waals surface area contributed by atoms with Crippen LogP contribution in [0.15, 0.2) is 10.2 Å². The topological polar surface area (TPSA) is 24.7 Å². The van der Waals surface area contributed by atoms with Gasteiger partial charge in [0.15, 0.2) is 0 Å². The van der Waals surface area contributed by atoms with Gasteiger partial charge in [-0.25, -0.2) is 0 Å². The molecule has 0 spiro atoms. The van der Waals surface area contributed by atoms with Crippen LogP contribution in [0.25, 0.3) is 0 Å². The first-order chi connectivity index (χ1) is 5.47. The molecule has 2 aliphatic rings. The van der Waals surface area contributed by atoms with Gasteiger partial charge in [-0.3, -0.25) is 0 Å². The van der Waals surface area contributed by atoms with Crippen LogP contribution in [-0.4, -0.2) is 13.1 Å². The summed E-state index contributed by atoms with van der Waals surface area (Å²) >= 11 is 0. The van der Waals surface area contributed by atoms with E-state index in [9.17, 15) is 0 Å². The van der Waals surface area contributed by atoms with Crippen molar-refractivity contribution in [1.82, 2.24) is 0 Å². The maximum absolute atomic E-state index is 4.18. The highest BCUT2D eigenvalue weighted by Gasteiger charge is 2.25. The summed E-state index contributed by atoms with van der Waals surface area (Å²) in [4.78, 5) is 0. The molecule has 2 rings (SSSR count). The Kier molecular flexibility index (Phi) is 2.20. The quantitative estimate of drug-likeness (QED) is 0.510. The van der Waals surface area contributed by atoms with Gasteiger partial charge in [0.25, 0.3) is 0 Å². The average molecular weight is 152 g/mol. The van der Waals surface area contributed by atoms with Gasteiger partial charge in [-0.15, -0.1) is 0 Å². The van der Waals surface area contributed by atoms with Crippen molar-refractivity contribution in [3.05, 3.63) is 0 Å². The molecule has 2 unspecified atom stereocenters. The van der Waals surface area contributed by atoms with Crippen molar-refractivity contribution in [2.75, 3.05) is 13.1 Å². The summed E-state index contributed by atoms with van der Waals surface area (Å²) in [6, 6.07) is 0. The number of nitrogens with zero attached hydrogens (tertiary/aromatic N) is 2. The third-order valence-corrected chi connectivity index (χ3v) is 3.08. The molecule has 0 aromatic heterocycles. The molecule has 0 aromatic rings. The number of azo groups is 1. The van der Waals surface area contributed by atoms with Crippen molar-refractivity contribution in [1.29, 1.82) is 0 Å². The average Bonchev–Trinajstić information content (AvgIpc) is 2.28. The lowest BCUT2D eigenvalue weighted by molar-refractivity contribution is 0.241. The number of rotatable bonds is 0. The summed E-state index contributed by atoms with van der Waals surface area (Å²) in [7, 11) is 0. The molecule has 1 aliphatic carbocycles. The summed E-state index contributed by atoms with van der Waals surface area (Å²) in [5, 5.41) is 8.30. The SMILES string of the molecule is C1CCC2CN=NCCC2C1. The standard InChI is InChI=1S/C9H16N2/c1-2-4-9-7-11-10-6-5-8(9)3-1/h8-9H,1-7H2. The summed E-state index contributed by atoms with van der Waals surface area (Å²) in [5.41, 5.74) is 0. The van der Waals surface area contributed by atoms with Crippen LogP contribution < -0.4 is 0 Å². The van der Waals surface area contributed by atoms with Crippen molar-refractivity contribution >= 4 is 0 Å². The second-order valence-corrected chi connectivity index (χ2v) is 3.78. The predicted molar refractivity (Wildman–Crippen MR) is 44.7 cm³/mol. The molecule has 1 fully saturated rings. The maximum atomic E-state index is 4.18. The van der Waals surface area contributed by atoms with E-state index in [4.69, 9.17) is 0 Å². The zero-order valence-corrected chi connectivity index (χ0v) is 7.00. The van der Waals surface area contributed by atoms with Crippen LogP contribution in [0.1, 0.15) is 32.1 Å². The summed E-state index contributed by atoms with van der Waals surface area (Å²) in [6.07, 6.45) is 7.02. The van der Waals surface area contributed by atoms with Crippen LogP contribution in [0.2, 0.25) is 0 Å². The van der Waals surface area contributed by atoms with Crippen molar-refractivity contribution < 1.29 is 0 Å². The molecule has 0 aromatic carbocycles. The van der Waals surface area contributed by atoms with E-state index < -0.39 is 0 Å². The minimum absolute atomic E-state index is 0.884. The molecule has 1 aliphatic heterocycles. The molecule has 11 heavy (non-hydrogen) atoms. The van der Waals surface area contributed by atoms with Gasteiger partial charge in [0.1, 0.15) is 0 Å². The highest BCUT2D eigenvalue weighted by Crippen LogP contribution is 2.33. The summed E-state index contributed by atoms with van der Waals surface area (Å²) in [5.74, 6) is 1.84. The minimum Gasteiger partial charge on any atom is -0.194 e. The molecule has 0 N–H and O–H groups in total. The van der Waals surface area contributed by atoms with E-state index in [1.165, 1.54) is 32.1 Å². The molecule has 2 nitrogen and oxygen atoms in total. The third-order valence-electron chi connectivity index (χ3n) is 3.08. The van der Waals surface area contributed by atoms with Gasteiger partial charge in [-0.1, -0.05) is 19.3 Å². The summed E-state index contributed by atoms with van der Waals surface area (Å²) < 4.78 is 0. The molecule has 1 heterocycles. The van der Waals surface area contributed by atoms with Gasteiger partial charge < -0.3 is 0 Å². The van der Waals surface area contributed by atoms with Gasteiger partial charge in [-0.2, -0.15) is 10.2 Å². The largest absolute Gasteiger partial charge is 0.194 e. The predicted octanol–water partition coefficient (Wildman–Crippen LogP) is 2.65. The van der Waals surface area contributed by atoms with Crippen LogP contribution in [0.4, 0.5) is 0 Å². The fourth-order valence-corrected chi connectivity index (χ4v) is 2.36. The molecular formula is C9H16N2. The fourth-order valence-electron chi connectivity index (χ4n) is 2.36. The van der Waals surface area contributed by atoms with Crippen molar-refractivity contribution in [3.63, 3.8) is 0 Å². The number of hydrogen-bond acceptors (Lipinski definition) is 2. The molecule has 0 radical (unpaired) electrons. The molecule has 2 atom stereocenters. The smallest absolute Gasteiger partial charge is 0.0629 e. The Balaban J connectivity index is 1.98. The minimum atomic E-state index is 0.884. The van der Waals surface area contributed by atoms with E-state index in [-0.39, 0.29) is 0 Å². The zero-order valence-electron chi connectivity index (χ0n) is 7.00. The highest BCUT2D eigenvalue weighted by atomic mass is 15.1. The van der Waals surface area contributed by atoms with Crippen molar-refractivity contribution in [2.24, 2.45) is 22.1 Å². The first kappa shape index (κ1) is 7.26. The second-order valence-electron chi connectivity index (χ2n) is 3.78. The lowest BCUT2D eigenvalue weighted by atomic mass is 9.78. The molecule has 62 valence electrons. The van der Waals surface area contributed by atoms with Crippen molar-refractivity contribution in [2.45, 2.75) is 32.1 Å². The summed E-state index contributed by atoms with van der Waals surface area (Å²) in [6.45, 7) is 2.01. The van der Waals surface area contributed by atoms with E-state index in [1.54, 1.807) is 0 Å². The van der Waals surface area contributed by atoms with Crippen LogP contribution in [0, 0.1) is 11.8 Å². The lowest BCUT2D eigenvalue weighted by Crippen LogP contribution is -2.21. The monoisotopic (exact) mass is 152 g/mol. The number of fused-ring (bicyclic) bond motifs is 1. The Morgan fingerprint density at radius 1 is 0.818 bits per heavy atom. The maximum Gasteiger partial charge on any atom is 0.0629 e. The Morgan fingerprint density at radius 3 is 2.55 bits per heavy atom. The van der Waals surface area contributed by atoms with Crippen LogP contribution in [0.3, 0.4) is 0 Å². The molecule has 2 heteroatoms. The Hall–Kier alpha value is -0.400. The van der Waals surface area contributed by atoms with Crippen LogP contribution in [0.5, 0.6) is 0 Å².